The van der Waals surface area contributed by atoms with E-state index in [4.69, 9.17) is 0 Å². The first-order valence-corrected chi connectivity index (χ1v) is 9.78. The molecule has 0 saturated carbocycles. The van der Waals surface area contributed by atoms with Crippen LogP contribution in [0.1, 0.15) is 26.7 Å². The van der Waals surface area contributed by atoms with E-state index in [1.54, 1.807) is 11.8 Å². The molecule has 0 radical (unpaired) electrons. The standard InChI is InChI=1S/C15H29N3O3S2/c1-11(2)6-12(8-19)17-18-14(4-5-23-3)15(21)7-16-13(9-20)10-22/h8-9,11-14,16-18,22H,4-7,10H2,1-3H3/t12-,13+,14+/m1/s1. The maximum absolute atomic E-state index is 12.3. The Hall–Kier alpha value is -0.410. The molecule has 0 amide bonds. The van der Waals surface area contributed by atoms with Crippen molar-refractivity contribution in [1.82, 2.24) is 16.2 Å². The number of aldehydes is 2. The molecule has 134 valence electrons. The Morgan fingerprint density at radius 1 is 1.17 bits per heavy atom. The van der Waals surface area contributed by atoms with Crippen LogP contribution in [0.4, 0.5) is 0 Å². The van der Waals surface area contributed by atoms with Crippen molar-refractivity contribution in [2.45, 2.75) is 44.8 Å². The molecule has 0 aliphatic rings. The highest BCUT2D eigenvalue weighted by molar-refractivity contribution is 7.98. The van der Waals surface area contributed by atoms with Crippen molar-refractivity contribution in [3.63, 3.8) is 0 Å². The SMILES string of the molecule is CSCC[C@H](NN[C@@H](C=O)CC(C)C)C(=O)CN[C@@H](C=O)CS. The van der Waals surface area contributed by atoms with Gasteiger partial charge in [0.05, 0.1) is 24.7 Å². The summed E-state index contributed by atoms with van der Waals surface area (Å²) in [4.78, 5) is 34.1. The van der Waals surface area contributed by atoms with Gasteiger partial charge in [-0.15, -0.1) is 0 Å². The van der Waals surface area contributed by atoms with Gasteiger partial charge in [-0.25, -0.2) is 10.9 Å². The van der Waals surface area contributed by atoms with E-state index in [0.717, 1.165) is 18.3 Å². The van der Waals surface area contributed by atoms with E-state index in [9.17, 15) is 14.4 Å². The first-order chi connectivity index (χ1) is 11.0. The molecule has 3 atom stereocenters. The normalized spacial score (nSPS) is 15.2. The third kappa shape index (κ3) is 10.9. The second-order valence-corrected chi connectivity index (χ2v) is 7.12. The summed E-state index contributed by atoms with van der Waals surface area (Å²) in [5.41, 5.74) is 5.92. The van der Waals surface area contributed by atoms with Gasteiger partial charge in [-0.05, 0) is 30.8 Å². The van der Waals surface area contributed by atoms with Gasteiger partial charge in [0, 0.05) is 5.75 Å². The van der Waals surface area contributed by atoms with Crippen molar-refractivity contribution >= 4 is 42.7 Å². The second kappa shape index (κ2) is 14.0. The van der Waals surface area contributed by atoms with Gasteiger partial charge in [0.25, 0.3) is 0 Å². The Labute approximate surface area is 148 Å². The summed E-state index contributed by atoms with van der Waals surface area (Å²) >= 11 is 5.70. The Morgan fingerprint density at radius 2 is 1.83 bits per heavy atom. The minimum absolute atomic E-state index is 0.0469. The van der Waals surface area contributed by atoms with Crippen molar-refractivity contribution < 1.29 is 14.4 Å². The molecular formula is C15H29N3O3S2. The molecule has 3 N–H and O–H groups in total. The first kappa shape index (κ1) is 22.6. The summed E-state index contributed by atoms with van der Waals surface area (Å²) in [5.74, 6) is 1.50. The molecule has 0 spiro atoms. The molecule has 0 saturated heterocycles. The minimum atomic E-state index is -0.430. The molecule has 0 aromatic rings. The lowest BCUT2D eigenvalue weighted by atomic mass is 10.1. The van der Waals surface area contributed by atoms with Crippen molar-refractivity contribution in [2.24, 2.45) is 5.92 Å². The molecule has 0 aliphatic heterocycles. The first-order valence-electron chi connectivity index (χ1n) is 7.75. The van der Waals surface area contributed by atoms with Gasteiger partial charge >= 0.3 is 0 Å². The van der Waals surface area contributed by atoms with Gasteiger partial charge < -0.3 is 14.9 Å². The second-order valence-electron chi connectivity index (χ2n) is 5.77. The quantitative estimate of drug-likeness (QED) is 0.191. The van der Waals surface area contributed by atoms with Crippen LogP contribution in [0, 0.1) is 5.92 Å². The lowest BCUT2D eigenvalue weighted by Crippen LogP contribution is -2.53. The summed E-state index contributed by atoms with van der Waals surface area (Å²) in [6.45, 7) is 4.17. The number of hydrogen-bond acceptors (Lipinski definition) is 8. The highest BCUT2D eigenvalue weighted by Gasteiger charge is 2.20. The summed E-state index contributed by atoms with van der Waals surface area (Å²) < 4.78 is 0. The van der Waals surface area contributed by atoms with Gasteiger partial charge in [0.2, 0.25) is 0 Å². The van der Waals surface area contributed by atoms with Gasteiger partial charge in [-0.1, -0.05) is 13.8 Å². The molecule has 8 heteroatoms. The van der Waals surface area contributed by atoms with E-state index in [0.29, 0.717) is 24.5 Å². The fraction of sp³-hybridized carbons (Fsp3) is 0.800. The molecule has 0 aromatic carbocycles. The maximum Gasteiger partial charge on any atom is 0.164 e. The molecule has 0 unspecified atom stereocenters. The average Bonchev–Trinajstić information content (AvgIpc) is 2.54. The van der Waals surface area contributed by atoms with Gasteiger partial charge in [-0.2, -0.15) is 24.4 Å². The molecular weight excluding hydrogens is 334 g/mol. The Balaban J connectivity index is 4.50. The van der Waals surface area contributed by atoms with Crippen LogP contribution in [0.5, 0.6) is 0 Å². The molecule has 0 rings (SSSR count). The number of hydrogen-bond donors (Lipinski definition) is 4. The number of Topliss-reactive ketones (excluding diaryl/α,β-unsaturated/α-hetero) is 1. The molecule has 0 fully saturated rings. The lowest BCUT2D eigenvalue weighted by molar-refractivity contribution is -0.121. The van der Waals surface area contributed by atoms with Crippen LogP contribution in [0.3, 0.4) is 0 Å². The number of ketones is 1. The number of nitrogens with one attached hydrogen (secondary N) is 3. The van der Waals surface area contributed by atoms with E-state index in [1.165, 1.54) is 0 Å². The molecule has 0 aromatic heterocycles. The smallest absolute Gasteiger partial charge is 0.164 e. The number of hydrazine groups is 1. The zero-order chi connectivity index (χ0) is 17.7. The number of thioether (sulfide) groups is 1. The van der Waals surface area contributed by atoms with E-state index in [-0.39, 0.29) is 18.4 Å². The predicted octanol–water partition coefficient (Wildman–Crippen LogP) is 0.472. The molecule has 23 heavy (non-hydrogen) atoms. The maximum atomic E-state index is 12.3. The van der Waals surface area contributed by atoms with Crippen molar-refractivity contribution in [3.05, 3.63) is 0 Å². The van der Waals surface area contributed by atoms with E-state index >= 15 is 0 Å². The van der Waals surface area contributed by atoms with Crippen molar-refractivity contribution in [3.8, 4) is 0 Å². The fourth-order valence-corrected chi connectivity index (χ4v) is 2.61. The summed E-state index contributed by atoms with van der Waals surface area (Å²) in [6.07, 6.45) is 4.92. The van der Waals surface area contributed by atoms with E-state index in [2.05, 4.69) is 28.8 Å². The number of rotatable bonds is 15. The Kier molecular flexibility index (Phi) is 13.7. The molecule has 0 heterocycles. The molecule has 0 bridgehead atoms. The van der Waals surface area contributed by atoms with Crippen LogP contribution in [0.25, 0.3) is 0 Å². The average molecular weight is 364 g/mol. The van der Waals surface area contributed by atoms with E-state index in [1.807, 2.05) is 20.1 Å². The summed E-state index contributed by atoms with van der Waals surface area (Å²) in [5, 5.41) is 2.87. The fourth-order valence-electron chi connectivity index (χ4n) is 1.92. The van der Waals surface area contributed by atoms with Crippen LogP contribution in [-0.4, -0.2) is 60.8 Å². The third-order valence-electron chi connectivity index (χ3n) is 3.23. The Bertz CT molecular complexity index is 357. The number of carbonyl (C=O) groups excluding carboxylic acids is 3. The van der Waals surface area contributed by atoms with Crippen LogP contribution in [0.15, 0.2) is 0 Å². The van der Waals surface area contributed by atoms with Crippen LogP contribution in [0.2, 0.25) is 0 Å². The summed E-state index contributed by atoms with van der Waals surface area (Å²) in [6, 6.07) is -1.16. The van der Waals surface area contributed by atoms with Gasteiger partial charge in [-0.3, -0.25) is 4.79 Å². The largest absolute Gasteiger partial charge is 0.302 e. The highest BCUT2D eigenvalue weighted by atomic mass is 32.2. The van der Waals surface area contributed by atoms with E-state index < -0.39 is 12.1 Å². The van der Waals surface area contributed by atoms with Crippen molar-refractivity contribution in [1.29, 1.82) is 0 Å². The van der Waals surface area contributed by atoms with Crippen LogP contribution >= 0.6 is 24.4 Å². The van der Waals surface area contributed by atoms with Crippen molar-refractivity contribution in [2.75, 3.05) is 24.3 Å². The third-order valence-corrected chi connectivity index (χ3v) is 4.27. The zero-order valence-corrected chi connectivity index (χ0v) is 15.8. The van der Waals surface area contributed by atoms with Gasteiger partial charge in [0.1, 0.15) is 12.6 Å². The monoisotopic (exact) mass is 363 g/mol. The number of carbonyl (C=O) groups is 3. The number of thiol groups is 1. The highest BCUT2D eigenvalue weighted by Crippen LogP contribution is 2.04. The molecule has 6 nitrogen and oxygen atoms in total. The molecule has 0 aliphatic carbocycles. The Morgan fingerprint density at radius 3 is 2.30 bits per heavy atom. The van der Waals surface area contributed by atoms with Gasteiger partial charge in [0.15, 0.2) is 5.78 Å². The lowest BCUT2D eigenvalue weighted by Gasteiger charge is -2.22. The summed E-state index contributed by atoms with van der Waals surface area (Å²) in [7, 11) is 0. The van der Waals surface area contributed by atoms with Crippen LogP contribution < -0.4 is 16.2 Å². The predicted molar refractivity (Wildman–Crippen MR) is 99.1 cm³/mol. The minimum Gasteiger partial charge on any atom is -0.302 e. The zero-order valence-electron chi connectivity index (χ0n) is 14.1. The topological polar surface area (TPSA) is 87.3 Å². The van der Waals surface area contributed by atoms with Crippen LogP contribution in [-0.2, 0) is 14.4 Å².